The number of rotatable bonds is 4. The number of carbonyl (C=O) groups excluding carboxylic acids is 2. The number of ether oxygens (including phenoxy) is 1. The van der Waals surface area contributed by atoms with Gasteiger partial charge in [0.2, 0.25) is 5.91 Å². The molecule has 0 aromatic carbocycles. The number of amides is 1. The van der Waals surface area contributed by atoms with Crippen molar-refractivity contribution in [2.75, 3.05) is 13.1 Å². The second-order valence-electron chi connectivity index (χ2n) is 7.38. The normalized spacial score (nSPS) is 15.3. The van der Waals surface area contributed by atoms with Gasteiger partial charge in [-0.05, 0) is 31.4 Å². The summed E-state index contributed by atoms with van der Waals surface area (Å²) in [4.78, 5) is 42.7. The van der Waals surface area contributed by atoms with Crippen molar-refractivity contribution in [1.82, 2.24) is 14.3 Å². The maximum absolute atomic E-state index is 12.3. The highest BCUT2D eigenvalue weighted by Crippen LogP contribution is 2.20. The monoisotopic (exact) mass is 371 g/mol. The highest BCUT2D eigenvalue weighted by atomic mass is 16.5. The molecule has 3 rings (SSSR count). The fraction of sp³-hybridized carbons (Fsp3) is 0.500. The van der Waals surface area contributed by atoms with Crippen LogP contribution in [0.15, 0.2) is 29.2 Å². The Kier molecular flexibility index (Phi) is 5.58. The van der Waals surface area contributed by atoms with Crippen LogP contribution in [0.2, 0.25) is 0 Å². The predicted octanol–water partition coefficient (Wildman–Crippen LogP) is 1.94. The van der Waals surface area contributed by atoms with Gasteiger partial charge in [-0.2, -0.15) is 0 Å². The molecule has 1 aliphatic heterocycles. The Labute approximate surface area is 158 Å². The van der Waals surface area contributed by atoms with Crippen molar-refractivity contribution in [3.8, 4) is 0 Å². The Hall–Kier alpha value is -2.70. The molecule has 0 atom stereocenters. The van der Waals surface area contributed by atoms with Gasteiger partial charge >= 0.3 is 5.97 Å². The molecule has 3 heterocycles. The van der Waals surface area contributed by atoms with Gasteiger partial charge in [-0.3, -0.25) is 18.8 Å². The summed E-state index contributed by atoms with van der Waals surface area (Å²) in [6, 6.07) is 5.04. The van der Waals surface area contributed by atoms with Crippen molar-refractivity contribution in [1.29, 1.82) is 0 Å². The van der Waals surface area contributed by atoms with Crippen LogP contribution >= 0.6 is 0 Å². The predicted molar refractivity (Wildman–Crippen MR) is 100 cm³/mol. The molecule has 2 aromatic heterocycles. The first-order valence-corrected chi connectivity index (χ1v) is 9.29. The number of piperidine rings is 1. The van der Waals surface area contributed by atoms with Crippen LogP contribution in [0, 0.1) is 18.8 Å². The van der Waals surface area contributed by atoms with Crippen LogP contribution in [-0.4, -0.2) is 39.3 Å². The Bertz CT molecular complexity index is 911. The molecule has 0 bridgehead atoms. The minimum absolute atomic E-state index is 0.0242. The van der Waals surface area contributed by atoms with Gasteiger partial charge in [-0.25, -0.2) is 4.98 Å². The van der Waals surface area contributed by atoms with E-state index in [-0.39, 0.29) is 35.9 Å². The Morgan fingerprint density at radius 1 is 1.26 bits per heavy atom. The van der Waals surface area contributed by atoms with Crippen molar-refractivity contribution < 1.29 is 14.3 Å². The van der Waals surface area contributed by atoms with E-state index in [0.717, 1.165) is 5.56 Å². The second-order valence-corrected chi connectivity index (χ2v) is 7.38. The van der Waals surface area contributed by atoms with E-state index < -0.39 is 0 Å². The van der Waals surface area contributed by atoms with E-state index >= 15 is 0 Å². The molecule has 1 aliphatic rings. The minimum atomic E-state index is -0.294. The van der Waals surface area contributed by atoms with Gasteiger partial charge < -0.3 is 9.64 Å². The smallest absolute Gasteiger partial charge is 0.309 e. The van der Waals surface area contributed by atoms with Crippen LogP contribution in [0.4, 0.5) is 0 Å². The van der Waals surface area contributed by atoms with Gasteiger partial charge in [0.25, 0.3) is 5.56 Å². The number of pyridine rings is 1. The molecule has 1 saturated heterocycles. The zero-order valence-corrected chi connectivity index (χ0v) is 16.0. The van der Waals surface area contributed by atoms with E-state index in [1.807, 2.05) is 31.7 Å². The number of hydrogen-bond donors (Lipinski definition) is 0. The number of fused-ring (bicyclic) bond motifs is 1. The molecule has 0 unspecified atom stereocenters. The zero-order chi connectivity index (χ0) is 19.6. The molecule has 2 aromatic rings. The lowest BCUT2D eigenvalue weighted by molar-refractivity contribution is -0.153. The zero-order valence-electron chi connectivity index (χ0n) is 16.0. The average Bonchev–Trinajstić information content (AvgIpc) is 2.66. The number of esters is 1. The third-order valence-corrected chi connectivity index (χ3v) is 4.86. The van der Waals surface area contributed by atoms with E-state index in [0.29, 0.717) is 37.3 Å². The van der Waals surface area contributed by atoms with Crippen molar-refractivity contribution >= 4 is 17.5 Å². The first-order valence-electron chi connectivity index (χ1n) is 9.29. The van der Waals surface area contributed by atoms with Gasteiger partial charge in [0, 0.05) is 31.3 Å². The van der Waals surface area contributed by atoms with Gasteiger partial charge in [-0.15, -0.1) is 0 Å². The quantitative estimate of drug-likeness (QED) is 0.767. The molecule has 7 nitrogen and oxygen atoms in total. The molecular formula is C20H25N3O4. The summed E-state index contributed by atoms with van der Waals surface area (Å²) in [6.07, 6.45) is 2.93. The Morgan fingerprint density at radius 2 is 1.96 bits per heavy atom. The van der Waals surface area contributed by atoms with Gasteiger partial charge in [-0.1, -0.05) is 19.9 Å². The van der Waals surface area contributed by atoms with Crippen molar-refractivity contribution in [2.24, 2.45) is 11.8 Å². The standard InChI is InChI=1S/C20H25N3O4/c1-13(2)19(25)22-8-6-15(7-9-22)20(26)27-12-16-10-18(24)23-11-14(3)4-5-17(23)21-16/h4-5,10-11,13,15H,6-9,12H2,1-3H3. The first-order chi connectivity index (χ1) is 12.8. The number of aryl methyl sites for hydroxylation is 1. The fourth-order valence-electron chi connectivity index (χ4n) is 3.30. The molecular weight excluding hydrogens is 346 g/mol. The summed E-state index contributed by atoms with van der Waals surface area (Å²) in [5.41, 5.74) is 1.73. The van der Waals surface area contributed by atoms with Crippen molar-refractivity contribution in [3.63, 3.8) is 0 Å². The lowest BCUT2D eigenvalue weighted by atomic mass is 9.96. The van der Waals surface area contributed by atoms with E-state index in [9.17, 15) is 14.4 Å². The van der Waals surface area contributed by atoms with Crippen molar-refractivity contribution in [2.45, 2.75) is 40.2 Å². The molecule has 1 amide bonds. The van der Waals surface area contributed by atoms with Gasteiger partial charge in [0.15, 0.2) is 0 Å². The van der Waals surface area contributed by atoms with E-state index in [1.54, 1.807) is 12.3 Å². The minimum Gasteiger partial charge on any atom is -0.459 e. The van der Waals surface area contributed by atoms with E-state index in [2.05, 4.69) is 4.98 Å². The van der Waals surface area contributed by atoms with Crippen LogP contribution < -0.4 is 5.56 Å². The van der Waals surface area contributed by atoms with Crippen LogP contribution in [0.25, 0.3) is 5.65 Å². The fourth-order valence-corrected chi connectivity index (χ4v) is 3.30. The SMILES string of the molecule is Cc1ccc2nc(COC(=O)C3CCN(C(=O)C(C)C)CC3)cc(=O)n2c1. The van der Waals surface area contributed by atoms with Gasteiger partial charge in [0.05, 0.1) is 11.6 Å². The molecule has 144 valence electrons. The summed E-state index contributed by atoms with van der Waals surface area (Å²) in [6.45, 7) is 6.79. The Morgan fingerprint density at radius 3 is 2.63 bits per heavy atom. The first kappa shape index (κ1) is 19.1. The molecule has 7 heteroatoms. The summed E-state index contributed by atoms with van der Waals surface area (Å²) >= 11 is 0. The molecule has 27 heavy (non-hydrogen) atoms. The molecule has 0 radical (unpaired) electrons. The molecule has 0 aliphatic carbocycles. The highest BCUT2D eigenvalue weighted by molar-refractivity contribution is 5.79. The lowest BCUT2D eigenvalue weighted by Crippen LogP contribution is -2.42. The van der Waals surface area contributed by atoms with E-state index in [4.69, 9.17) is 4.74 Å². The Balaban J connectivity index is 1.58. The van der Waals surface area contributed by atoms with E-state index in [1.165, 1.54) is 10.5 Å². The summed E-state index contributed by atoms with van der Waals surface area (Å²) in [5, 5.41) is 0. The highest BCUT2D eigenvalue weighted by Gasteiger charge is 2.29. The second kappa shape index (κ2) is 7.90. The maximum Gasteiger partial charge on any atom is 0.309 e. The number of likely N-dealkylation sites (tertiary alicyclic amines) is 1. The van der Waals surface area contributed by atoms with Crippen LogP contribution in [-0.2, 0) is 20.9 Å². The molecule has 0 N–H and O–H groups in total. The maximum atomic E-state index is 12.3. The molecule has 0 saturated carbocycles. The van der Waals surface area contributed by atoms with Crippen molar-refractivity contribution in [3.05, 3.63) is 46.0 Å². The number of carbonyl (C=O) groups is 2. The average molecular weight is 371 g/mol. The third-order valence-electron chi connectivity index (χ3n) is 4.86. The molecule has 0 spiro atoms. The molecule has 1 fully saturated rings. The third kappa shape index (κ3) is 4.35. The summed E-state index contributed by atoms with van der Waals surface area (Å²) in [7, 11) is 0. The van der Waals surface area contributed by atoms with Crippen LogP contribution in [0.3, 0.4) is 0 Å². The van der Waals surface area contributed by atoms with Crippen LogP contribution in [0.5, 0.6) is 0 Å². The largest absolute Gasteiger partial charge is 0.459 e. The number of aromatic nitrogens is 2. The summed E-state index contributed by atoms with van der Waals surface area (Å²) < 4.78 is 6.86. The summed E-state index contributed by atoms with van der Waals surface area (Å²) in [5.74, 6) is -0.420. The van der Waals surface area contributed by atoms with Crippen LogP contribution in [0.1, 0.15) is 37.9 Å². The number of nitrogens with zero attached hydrogens (tertiary/aromatic N) is 3. The number of hydrogen-bond acceptors (Lipinski definition) is 5. The lowest BCUT2D eigenvalue weighted by Gasteiger charge is -2.32. The van der Waals surface area contributed by atoms with Gasteiger partial charge in [0.1, 0.15) is 12.3 Å². The topological polar surface area (TPSA) is 81.0 Å².